The maximum atomic E-state index is 12.2. The minimum atomic E-state index is -0.293. The number of benzene rings is 2. The van der Waals surface area contributed by atoms with Crippen LogP contribution in [-0.4, -0.2) is 32.4 Å². The minimum absolute atomic E-state index is 0.0950. The van der Waals surface area contributed by atoms with E-state index >= 15 is 0 Å². The number of hydrogen-bond acceptors (Lipinski definition) is 4. The van der Waals surface area contributed by atoms with Crippen LogP contribution in [0.1, 0.15) is 17.0 Å². The molecule has 128 valence electrons. The summed E-state index contributed by atoms with van der Waals surface area (Å²) in [5, 5.41) is 14.5. The average molecular weight is 337 g/mol. The fourth-order valence-electron chi connectivity index (χ4n) is 2.84. The van der Waals surface area contributed by atoms with Crippen molar-refractivity contribution in [1.29, 1.82) is 5.26 Å². The number of nitriles is 1. The van der Waals surface area contributed by atoms with Gasteiger partial charge in [0.15, 0.2) is 0 Å². The fourth-order valence-corrected chi connectivity index (χ4v) is 2.84. The second-order valence-electron chi connectivity index (χ2n) is 5.81. The van der Waals surface area contributed by atoms with Crippen molar-refractivity contribution in [2.45, 2.75) is 12.0 Å². The quantitative estimate of drug-likeness (QED) is 0.898. The number of hydrogen-bond donors (Lipinski definition) is 2. The van der Waals surface area contributed by atoms with Crippen molar-refractivity contribution in [1.82, 2.24) is 5.32 Å². The van der Waals surface area contributed by atoms with E-state index in [0.717, 1.165) is 11.3 Å². The Morgan fingerprint density at radius 3 is 2.52 bits per heavy atom. The number of urea groups is 1. The van der Waals surface area contributed by atoms with Crippen molar-refractivity contribution < 1.29 is 14.3 Å². The molecule has 0 aliphatic carbocycles. The van der Waals surface area contributed by atoms with Crippen molar-refractivity contribution in [2.75, 3.05) is 25.6 Å². The van der Waals surface area contributed by atoms with E-state index in [1.54, 1.807) is 31.4 Å². The number of nitrogens with zero attached hydrogens (tertiary/aromatic N) is 1. The summed E-state index contributed by atoms with van der Waals surface area (Å²) in [6, 6.07) is 16.2. The molecule has 1 aliphatic rings. The van der Waals surface area contributed by atoms with Gasteiger partial charge in [-0.2, -0.15) is 5.26 Å². The summed E-state index contributed by atoms with van der Waals surface area (Å²) >= 11 is 0. The third-order valence-electron chi connectivity index (χ3n) is 4.21. The van der Waals surface area contributed by atoms with Crippen molar-refractivity contribution >= 4 is 11.7 Å². The third-order valence-corrected chi connectivity index (χ3v) is 4.21. The van der Waals surface area contributed by atoms with E-state index in [9.17, 15) is 4.79 Å². The van der Waals surface area contributed by atoms with Crippen LogP contribution in [-0.2, 0) is 4.74 Å². The van der Waals surface area contributed by atoms with Crippen molar-refractivity contribution in [2.24, 2.45) is 0 Å². The minimum Gasteiger partial charge on any atom is -0.497 e. The Labute approximate surface area is 146 Å². The Kier molecular flexibility index (Phi) is 5.17. The number of anilines is 1. The Morgan fingerprint density at radius 1 is 1.16 bits per heavy atom. The first kappa shape index (κ1) is 16.8. The fraction of sp³-hybridized carbons (Fsp3) is 0.263. The highest BCUT2D eigenvalue weighted by Gasteiger charge is 2.30. The van der Waals surface area contributed by atoms with E-state index < -0.39 is 0 Å². The second kappa shape index (κ2) is 7.69. The summed E-state index contributed by atoms with van der Waals surface area (Å²) in [7, 11) is 1.63. The number of rotatable bonds is 4. The zero-order valence-electron chi connectivity index (χ0n) is 13.9. The van der Waals surface area contributed by atoms with E-state index in [2.05, 4.69) is 10.6 Å². The first-order valence-corrected chi connectivity index (χ1v) is 7.99. The van der Waals surface area contributed by atoms with Gasteiger partial charge in [0.2, 0.25) is 0 Å². The molecule has 1 saturated heterocycles. The number of carbonyl (C=O) groups is 1. The summed E-state index contributed by atoms with van der Waals surface area (Å²) in [5.41, 5.74) is 2.29. The molecule has 3 rings (SSSR count). The average Bonchev–Trinajstić information content (AvgIpc) is 3.10. The first-order valence-electron chi connectivity index (χ1n) is 7.99. The largest absolute Gasteiger partial charge is 0.497 e. The zero-order chi connectivity index (χ0) is 17.6. The van der Waals surface area contributed by atoms with Crippen LogP contribution in [0, 0.1) is 11.3 Å². The molecule has 25 heavy (non-hydrogen) atoms. The van der Waals surface area contributed by atoms with Gasteiger partial charge in [0.25, 0.3) is 0 Å². The molecule has 1 aliphatic heterocycles. The lowest BCUT2D eigenvalue weighted by molar-refractivity contribution is 0.187. The molecule has 0 spiro atoms. The summed E-state index contributed by atoms with van der Waals surface area (Å²) in [6.45, 7) is 1.03. The van der Waals surface area contributed by atoms with E-state index in [0.29, 0.717) is 24.5 Å². The lowest BCUT2D eigenvalue weighted by atomic mass is 9.94. The summed E-state index contributed by atoms with van der Waals surface area (Å²) in [4.78, 5) is 12.2. The van der Waals surface area contributed by atoms with Gasteiger partial charge >= 0.3 is 6.03 Å². The van der Waals surface area contributed by atoms with Gasteiger partial charge in [-0.25, -0.2) is 4.79 Å². The second-order valence-corrected chi connectivity index (χ2v) is 5.81. The molecule has 2 N–H and O–H groups in total. The van der Waals surface area contributed by atoms with Crippen LogP contribution in [0.25, 0.3) is 0 Å². The Hall–Kier alpha value is -3.04. The SMILES string of the molecule is COc1ccc(C2COCC2NC(=O)Nc2ccc(C#N)cc2)cc1. The topological polar surface area (TPSA) is 83.4 Å². The molecule has 0 radical (unpaired) electrons. The van der Waals surface area contributed by atoms with E-state index in [1.165, 1.54) is 0 Å². The zero-order valence-corrected chi connectivity index (χ0v) is 13.9. The van der Waals surface area contributed by atoms with Crippen molar-refractivity contribution in [3.05, 3.63) is 59.7 Å². The van der Waals surface area contributed by atoms with Crippen LogP contribution in [0.4, 0.5) is 10.5 Å². The number of nitrogens with one attached hydrogen (secondary N) is 2. The maximum Gasteiger partial charge on any atom is 0.319 e. The Balaban J connectivity index is 1.62. The normalized spacial score (nSPS) is 19.0. The van der Waals surface area contributed by atoms with Gasteiger partial charge in [-0.05, 0) is 42.0 Å². The Bertz CT molecular complexity index is 766. The monoisotopic (exact) mass is 337 g/mol. The highest BCUT2D eigenvalue weighted by atomic mass is 16.5. The molecule has 2 amide bonds. The molecule has 2 atom stereocenters. The molecule has 6 heteroatoms. The van der Waals surface area contributed by atoms with E-state index in [4.69, 9.17) is 14.7 Å². The standard InChI is InChI=1S/C19H19N3O3/c1-24-16-8-4-14(5-9-16)17-11-25-12-18(17)22-19(23)21-15-6-2-13(10-20)3-7-15/h2-9,17-18H,11-12H2,1H3,(H2,21,22,23). The highest BCUT2D eigenvalue weighted by Crippen LogP contribution is 2.27. The molecule has 2 unspecified atom stereocenters. The molecular formula is C19H19N3O3. The van der Waals surface area contributed by atoms with Gasteiger partial charge in [0.05, 0.1) is 38.0 Å². The highest BCUT2D eigenvalue weighted by molar-refractivity contribution is 5.89. The molecule has 2 aromatic rings. The predicted molar refractivity (Wildman–Crippen MR) is 93.7 cm³/mol. The van der Waals surface area contributed by atoms with Crippen LogP contribution >= 0.6 is 0 Å². The van der Waals surface area contributed by atoms with Crippen LogP contribution in [0.5, 0.6) is 5.75 Å². The van der Waals surface area contributed by atoms with Gasteiger partial charge in [-0.3, -0.25) is 0 Å². The van der Waals surface area contributed by atoms with Gasteiger partial charge in [0.1, 0.15) is 5.75 Å². The molecular weight excluding hydrogens is 318 g/mol. The molecule has 0 aromatic heterocycles. The molecule has 2 aromatic carbocycles. The smallest absolute Gasteiger partial charge is 0.319 e. The predicted octanol–water partition coefficient (Wildman–Crippen LogP) is 2.87. The number of methoxy groups -OCH3 is 1. The number of ether oxygens (including phenoxy) is 2. The first-order chi connectivity index (χ1) is 12.2. The molecule has 0 bridgehead atoms. The van der Waals surface area contributed by atoms with E-state index in [1.807, 2.05) is 30.3 Å². The number of amides is 2. The van der Waals surface area contributed by atoms with Crippen molar-refractivity contribution in [3.63, 3.8) is 0 Å². The molecule has 1 fully saturated rings. The van der Waals surface area contributed by atoms with Crippen LogP contribution < -0.4 is 15.4 Å². The van der Waals surface area contributed by atoms with Crippen LogP contribution in [0.2, 0.25) is 0 Å². The van der Waals surface area contributed by atoms with Crippen LogP contribution in [0.3, 0.4) is 0 Å². The van der Waals surface area contributed by atoms with Crippen LogP contribution in [0.15, 0.2) is 48.5 Å². The van der Waals surface area contributed by atoms with Gasteiger partial charge in [-0.15, -0.1) is 0 Å². The lowest BCUT2D eigenvalue weighted by Crippen LogP contribution is -2.41. The lowest BCUT2D eigenvalue weighted by Gasteiger charge is -2.20. The molecule has 1 heterocycles. The molecule has 6 nitrogen and oxygen atoms in total. The summed E-state index contributed by atoms with van der Waals surface area (Å²) < 4.78 is 10.7. The summed E-state index contributed by atoms with van der Waals surface area (Å²) in [5.74, 6) is 0.892. The third kappa shape index (κ3) is 4.08. The van der Waals surface area contributed by atoms with Crippen molar-refractivity contribution in [3.8, 4) is 11.8 Å². The summed E-state index contributed by atoms with van der Waals surface area (Å²) in [6.07, 6.45) is 0. The van der Waals surface area contributed by atoms with E-state index in [-0.39, 0.29) is 18.0 Å². The maximum absolute atomic E-state index is 12.2. The Morgan fingerprint density at radius 2 is 1.88 bits per heavy atom. The molecule has 0 saturated carbocycles. The van der Waals surface area contributed by atoms with Gasteiger partial charge in [-0.1, -0.05) is 12.1 Å². The van der Waals surface area contributed by atoms with Gasteiger partial charge in [0, 0.05) is 11.6 Å². The number of carbonyl (C=O) groups excluding carboxylic acids is 1. The van der Waals surface area contributed by atoms with Gasteiger partial charge < -0.3 is 20.1 Å².